The first kappa shape index (κ1) is 23.7. The lowest BCUT2D eigenvalue weighted by Crippen LogP contribution is -2.54. The fourth-order valence-corrected chi connectivity index (χ4v) is 6.90. The van der Waals surface area contributed by atoms with Crippen LogP contribution in [0.1, 0.15) is 30.1 Å². The van der Waals surface area contributed by atoms with Crippen LogP contribution in [0.3, 0.4) is 0 Å². The molecule has 3 aromatic carbocycles. The summed E-state index contributed by atoms with van der Waals surface area (Å²) in [7, 11) is 0. The number of fused-ring (bicyclic) bond motifs is 4. The average Bonchev–Trinajstić information content (AvgIpc) is 3.61. The minimum absolute atomic E-state index is 0.107. The number of anilines is 1. The van der Waals surface area contributed by atoms with Gasteiger partial charge in [-0.2, -0.15) is 0 Å². The molecule has 4 atom stereocenters. The van der Waals surface area contributed by atoms with Crippen LogP contribution in [0.4, 0.5) is 5.69 Å². The number of imide groups is 1. The van der Waals surface area contributed by atoms with E-state index in [1.165, 1.54) is 4.90 Å². The van der Waals surface area contributed by atoms with Crippen LogP contribution in [0, 0.1) is 11.8 Å². The Morgan fingerprint density at radius 3 is 2.38 bits per heavy atom. The predicted molar refractivity (Wildman–Crippen MR) is 145 cm³/mol. The zero-order chi connectivity index (χ0) is 26.6. The van der Waals surface area contributed by atoms with Gasteiger partial charge < -0.3 is 4.74 Å². The Balaban J connectivity index is 1.34. The second-order valence-electron chi connectivity index (χ2n) is 10.5. The van der Waals surface area contributed by atoms with Crippen LogP contribution in [0.5, 0.6) is 0 Å². The van der Waals surface area contributed by atoms with Crippen molar-refractivity contribution < 1.29 is 19.1 Å². The van der Waals surface area contributed by atoms with Crippen molar-refractivity contribution in [3.8, 4) is 0 Å². The third kappa shape index (κ3) is 3.53. The van der Waals surface area contributed by atoms with Gasteiger partial charge in [0.05, 0.1) is 34.8 Å². The van der Waals surface area contributed by atoms with Crippen molar-refractivity contribution >= 4 is 34.4 Å². The van der Waals surface area contributed by atoms with Crippen molar-refractivity contribution in [2.45, 2.75) is 31.0 Å². The van der Waals surface area contributed by atoms with Gasteiger partial charge in [-0.05, 0) is 42.7 Å². The molecule has 0 radical (unpaired) electrons. The normalized spacial score (nSPS) is 26.2. The number of pyridine rings is 1. The highest BCUT2D eigenvalue weighted by molar-refractivity contribution is 6.24. The third-order valence-electron chi connectivity index (χ3n) is 8.51. The molecule has 0 N–H and O–H groups in total. The molecular weight excluding hydrogens is 490 g/mol. The van der Waals surface area contributed by atoms with Gasteiger partial charge in [-0.15, -0.1) is 0 Å². The van der Waals surface area contributed by atoms with Crippen molar-refractivity contribution in [1.29, 1.82) is 0 Å². The highest BCUT2D eigenvalue weighted by atomic mass is 16.5. The summed E-state index contributed by atoms with van der Waals surface area (Å²) in [5.41, 5.74) is 1.66. The molecule has 3 aliphatic heterocycles. The van der Waals surface area contributed by atoms with E-state index in [0.717, 1.165) is 22.9 Å². The molecule has 0 unspecified atom stereocenters. The number of esters is 1. The number of benzene rings is 3. The van der Waals surface area contributed by atoms with E-state index in [0.29, 0.717) is 24.3 Å². The van der Waals surface area contributed by atoms with Crippen molar-refractivity contribution in [3.63, 3.8) is 0 Å². The maximum Gasteiger partial charge on any atom is 0.327 e. The number of hydrogen-bond donors (Lipinski definition) is 0. The zero-order valence-corrected chi connectivity index (χ0v) is 21.3. The largest absolute Gasteiger partial charge is 0.459 e. The van der Waals surface area contributed by atoms with Crippen molar-refractivity contribution in [1.82, 2.24) is 9.88 Å². The first-order valence-electron chi connectivity index (χ1n) is 13.4. The van der Waals surface area contributed by atoms with Crippen LogP contribution in [0.2, 0.25) is 0 Å². The molecule has 7 rings (SSSR count). The van der Waals surface area contributed by atoms with Crippen molar-refractivity contribution in [2.24, 2.45) is 11.8 Å². The summed E-state index contributed by atoms with van der Waals surface area (Å²) in [6.07, 6.45) is 1.17. The lowest BCUT2D eigenvalue weighted by Gasteiger charge is -2.36. The SMILES string of the molecule is O=C1[C@@H]2[C@@H](c3ccc4ccccc4n3)N3CCC[C@]3(C(=O)OCc3ccccc3)[C@H]2C(=O)N1c1ccccc1. The summed E-state index contributed by atoms with van der Waals surface area (Å²) in [6.45, 7) is 0.689. The molecule has 3 aliphatic rings. The Hall–Kier alpha value is -4.36. The van der Waals surface area contributed by atoms with E-state index >= 15 is 0 Å². The minimum atomic E-state index is -1.23. The first-order valence-corrected chi connectivity index (χ1v) is 13.4. The molecule has 3 fully saturated rings. The summed E-state index contributed by atoms with van der Waals surface area (Å²) < 4.78 is 5.92. The molecule has 0 spiro atoms. The lowest BCUT2D eigenvalue weighted by molar-refractivity contribution is -0.161. The summed E-state index contributed by atoms with van der Waals surface area (Å²) in [5, 5.41) is 0.991. The maximum atomic E-state index is 14.2. The van der Waals surface area contributed by atoms with Gasteiger partial charge >= 0.3 is 5.97 Å². The highest BCUT2D eigenvalue weighted by Crippen LogP contribution is 2.59. The number of nitrogens with zero attached hydrogens (tertiary/aromatic N) is 3. The zero-order valence-electron chi connectivity index (χ0n) is 21.3. The second-order valence-corrected chi connectivity index (χ2v) is 10.5. The molecule has 7 heteroatoms. The van der Waals surface area contributed by atoms with Crippen LogP contribution in [0.15, 0.2) is 97.1 Å². The smallest absolute Gasteiger partial charge is 0.327 e. The Labute approximate surface area is 226 Å². The summed E-state index contributed by atoms with van der Waals surface area (Å²) in [5.74, 6) is -2.67. The second kappa shape index (κ2) is 9.13. The number of carbonyl (C=O) groups is 3. The maximum absolute atomic E-state index is 14.2. The summed E-state index contributed by atoms with van der Waals surface area (Å²) in [6, 6.07) is 29.7. The van der Waals surface area contributed by atoms with Gasteiger partial charge in [0.1, 0.15) is 12.1 Å². The number of hydrogen-bond acceptors (Lipinski definition) is 6. The van der Waals surface area contributed by atoms with Crippen molar-refractivity contribution in [2.75, 3.05) is 11.4 Å². The first-order chi connectivity index (χ1) is 19.1. The predicted octanol–water partition coefficient (Wildman–Crippen LogP) is 4.67. The lowest BCUT2D eigenvalue weighted by atomic mass is 9.78. The van der Waals surface area contributed by atoms with Crippen LogP contribution in [-0.2, 0) is 25.7 Å². The van der Waals surface area contributed by atoms with E-state index in [2.05, 4.69) is 0 Å². The monoisotopic (exact) mass is 517 g/mol. The van der Waals surface area contributed by atoms with E-state index in [-0.39, 0.29) is 18.4 Å². The van der Waals surface area contributed by atoms with Gasteiger partial charge in [-0.25, -0.2) is 4.90 Å². The molecule has 0 saturated carbocycles. The average molecular weight is 518 g/mol. The molecule has 0 bridgehead atoms. The molecule has 194 valence electrons. The van der Waals surface area contributed by atoms with E-state index < -0.39 is 29.4 Å². The molecule has 7 nitrogen and oxygen atoms in total. The Kier molecular flexibility index (Phi) is 5.56. The highest BCUT2D eigenvalue weighted by Gasteiger charge is 2.74. The topological polar surface area (TPSA) is 79.8 Å². The number of carbonyl (C=O) groups excluding carboxylic acids is 3. The molecule has 4 aromatic rings. The summed E-state index contributed by atoms with van der Waals surface area (Å²) in [4.78, 5) is 50.6. The Morgan fingerprint density at radius 2 is 1.59 bits per heavy atom. The molecule has 3 saturated heterocycles. The van der Waals surface area contributed by atoms with Crippen molar-refractivity contribution in [3.05, 3.63) is 108 Å². The molecule has 1 aromatic heterocycles. The molecule has 0 aliphatic carbocycles. The van der Waals surface area contributed by atoms with E-state index in [9.17, 15) is 14.4 Å². The van der Waals surface area contributed by atoms with Crippen LogP contribution in [-0.4, -0.2) is 39.8 Å². The number of amides is 2. The van der Waals surface area contributed by atoms with Gasteiger partial charge in [0.25, 0.3) is 0 Å². The van der Waals surface area contributed by atoms with Crippen LogP contribution >= 0.6 is 0 Å². The van der Waals surface area contributed by atoms with E-state index in [1.807, 2.05) is 77.7 Å². The number of ether oxygens (including phenoxy) is 1. The molecule has 4 heterocycles. The Morgan fingerprint density at radius 1 is 0.872 bits per heavy atom. The quantitative estimate of drug-likeness (QED) is 0.283. The minimum Gasteiger partial charge on any atom is -0.459 e. The van der Waals surface area contributed by atoms with Gasteiger partial charge in [0, 0.05) is 11.9 Å². The standard InChI is InChI=1S/C32H27N3O4/c36-29-26-27(30(37)35(29)23-13-5-2-6-14-23)32(31(38)39-20-21-10-3-1-4-11-21)18-9-19-34(32)28(26)25-17-16-22-12-7-8-15-24(22)33-25/h1-8,10-17,26-28H,9,18-20H2/t26-,27+,28+,32+/m0/s1. The van der Waals surface area contributed by atoms with Crippen LogP contribution in [0.25, 0.3) is 10.9 Å². The van der Waals surface area contributed by atoms with Gasteiger partial charge in [-0.1, -0.05) is 72.8 Å². The molecule has 39 heavy (non-hydrogen) atoms. The number of rotatable bonds is 5. The Bertz CT molecular complexity index is 1590. The fourth-order valence-electron chi connectivity index (χ4n) is 6.90. The van der Waals surface area contributed by atoms with Gasteiger partial charge in [0.15, 0.2) is 0 Å². The number of para-hydroxylation sites is 2. The molecular formula is C32H27N3O4. The van der Waals surface area contributed by atoms with Crippen LogP contribution < -0.4 is 4.90 Å². The third-order valence-corrected chi connectivity index (χ3v) is 8.51. The van der Waals surface area contributed by atoms with Gasteiger partial charge in [-0.3, -0.25) is 24.3 Å². The summed E-state index contributed by atoms with van der Waals surface area (Å²) >= 11 is 0. The number of aromatic nitrogens is 1. The molecule has 2 amide bonds. The fraction of sp³-hybridized carbons (Fsp3) is 0.250. The van der Waals surface area contributed by atoms with E-state index in [1.54, 1.807) is 24.3 Å². The van der Waals surface area contributed by atoms with E-state index in [4.69, 9.17) is 9.72 Å². The van der Waals surface area contributed by atoms with Gasteiger partial charge in [0.2, 0.25) is 11.8 Å².